The first-order valence-corrected chi connectivity index (χ1v) is 5.13. The third-order valence-corrected chi connectivity index (χ3v) is 2.63. The first-order valence-electron chi connectivity index (χ1n) is 4.75. The lowest BCUT2D eigenvalue weighted by Crippen LogP contribution is -1.98. The summed E-state index contributed by atoms with van der Waals surface area (Å²) in [6, 6.07) is 7.74. The minimum absolute atomic E-state index is 0.397. The van der Waals surface area contributed by atoms with Crippen molar-refractivity contribution in [2.24, 2.45) is 4.99 Å². The lowest BCUT2D eigenvalue weighted by molar-refractivity contribution is 1.16. The number of halogens is 1. The van der Waals surface area contributed by atoms with Crippen molar-refractivity contribution >= 4 is 35.0 Å². The largest absolute Gasteiger partial charge is 0.338 e. The van der Waals surface area contributed by atoms with E-state index in [1.165, 1.54) is 6.33 Å². The van der Waals surface area contributed by atoms with Gasteiger partial charge in [-0.15, -0.1) is 0 Å². The maximum atomic E-state index is 5.98. The smallest absolute Gasteiger partial charge is 0.144 e. The van der Waals surface area contributed by atoms with Crippen LogP contribution in [0.5, 0.6) is 0 Å². The Labute approximate surface area is 97.0 Å². The van der Waals surface area contributed by atoms with Crippen molar-refractivity contribution in [2.75, 3.05) is 5.32 Å². The second-order valence-electron chi connectivity index (χ2n) is 3.33. The second kappa shape index (κ2) is 3.57. The first kappa shape index (κ1) is 9.30. The minimum atomic E-state index is 0.397. The van der Waals surface area contributed by atoms with E-state index in [4.69, 9.17) is 11.6 Å². The molecule has 2 heterocycles. The number of fused-ring (bicyclic) bond motifs is 2. The zero-order valence-electron chi connectivity index (χ0n) is 8.18. The van der Waals surface area contributed by atoms with Gasteiger partial charge in [0, 0.05) is 6.21 Å². The number of para-hydroxylation sites is 2. The molecule has 0 amide bonds. The Balaban J connectivity index is 2.21. The predicted octanol–water partition coefficient (Wildman–Crippen LogP) is 2.94. The summed E-state index contributed by atoms with van der Waals surface area (Å²) in [5, 5.41) is 3.58. The van der Waals surface area contributed by atoms with E-state index in [1.54, 1.807) is 6.21 Å². The molecule has 0 saturated carbocycles. The number of aromatic nitrogens is 2. The predicted molar refractivity (Wildman–Crippen MR) is 64.0 cm³/mol. The molecule has 0 fully saturated rings. The van der Waals surface area contributed by atoms with Gasteiger partial charge in [-0.25, -0.2) is 9.97 Å². The lowest BCUT2D eigenvalue weighted by atomic mass is 10.3. The molecule has 1 aromatic heterocycles. The van der Waals surface area contributed by atoms with Gasteiger partial charge in [-0.3, -0.25) is 4.99 Å². The van der Waals surface area contributed by atoms with Crippen LogP contribution in [0, 0.1) is 0 Å². The summed E-state index contributed by atoms with van der Waals surface area (Å²) in [5.41, 5.74) is 2.48. The number of nitrogens with one attached hydrogen (secondary N) is 1. The van der Waals surface area contributed by atoms with Gasteiger partial charge >= 0.3 is 0 Å². The Hall–Kier alpha value is -1.94. The molecule has 0 atom stereocenters. The normalized spacial score (nSPS) is 12.3. The van der Waals surface area contributed by atoms with E-state index in [2.05, 4.69) is 20.3 Å². The van der Waals surface area contributed by atoms with Crippen LogP contribution in [-0.2, 0) is 0 Å². The number of hydrogen-bond donors (Lipinski definition) is 1. The summed E-state index contributed by atoms with van der Waals surface area (Å²) in [7, 11) is 0. The summed E-state index contributed by atoms with van der Waals surface area (Å²) in [5.74, 6) is 0.675. The molecule has 1 aromatic carbocycles. The molecule has 0 radical (unpaired) electrons. The molecule has 1 aliphatic rings. The number of hydrogen-bond acceptors (Lipinski definition) is 4. The minimum Gasteiger partial charge on any atom is -0.338 e. The summed E-state index contributed by atoms with van der Waals surface area (Å²) >= 11 is 5.98. The molecular formula is C11H7ClN4. The number of benzene rings is 1. The summed E-state index contributed by atoms with van der Waals surface area (Å²) < 4.78 is 0. The van der Waals surface area contributed by atoms with Crippen molar-refractivity contribution < 1.29 is 0 Å². The number of rotatable bonds is 0. The Morgan fingerprint density at radius 1 is 1.12 bits per heavy atom. The van der Waals surface area contributed by atoms with Crippen molar-refractivity contribution in [1.82, 2.24) is 9.97 Å². The molecule has 1 aliphatic heterocycles. The van der Waals surface area contributed by atoms with Crippen LogP contribution in [0.3, 0.4) is 0 Å². The molecule has 1 N–H and O–H groups in total. The molecule has 0 saturated heterocycles. The zero-order chi connectivity index (χ0) is 11.0. The van der Waals surface area contributed by atoms with Gasteiger partial charge < -0.3 is 5.32 Å². The van der Waals surface area contributed by atoms with Crippen LogP contribution in [0.4, 0.5) is 17.2 Å². The molecule has 3 rings (SSSR count). The van der Waals surface area contributed by atoms with E-state index >= 15 is 0 Å². The Morgan fingerprint density at radius 3 is 2.94 bits per heavy atom. The van der Waals surface area contributed by atoms with E-state index in [0.717, 1.165) is 11.4 Å². The molecule has 0 bridgehead atoms. The van der Waals surface area contributed by atoms with E-state index in [-0.39, 0.29) is 0 Å². The van der Waals surface area contributed by atoms with Crippen LogP contribution in [0.15, 0.2) is 35.6 Å². The standard InChI is InChI=1S/C11H7ClN4/c12-10-7-5-13-8-3-1-2-4-9(8)16-11(7)15-6-14-10/h1-6H,(H,14,15,16). The summed E-state index contributed by atoms with van der Waals surface area (Å²) in [4.78, 5) is 12.4. The summed E-state index contributed by atoms with van der Waals surface area (Å²) in [6.45, 7) is 0. The number of aliphatic imine (C=N–C) groups is 1. The van der Waals surface area contributed by atoms with Gasteiger partial charge in [-0.1, -0.05) is 23.7 Å². The van der Waals surface area contributed by atoms with Gasteiger partial charge in [0.2, 0.25) is 0 Å². The maximum Gasteiger partial charge on any atom is 0.144 e. The molecule has 0 unspecified atom stereocenters. The highest BCUT2D eigenvalue weighted by Gasteiger charge is 2.12. The molecule has 0 aliphatic carbocycles. The van der Waals surface area contributed by atoms with E-state index in [1.807, 2.05) is 24.3 Å². The third kappa shape index (κ3) is 1.44. The van der Waals surface area contributed by atoms with Gasteiger partial charge in [0.05, 0.1) is 16.9 Å². The molecule has 5 heteroatoms. The van der Waals surface area contributed by atoms with Crippen LogP contribution in [0.2, 0.25) is 5.15 Å². The topological polar surface area (TPSA) is 50.2 Å². The monoisotopic (exact) mass is 230 g/mol. The van der Waals surface area contributed by atoms with Gasteiger partial charge in [0.15, 0.2) is 0 Å². The highest BCUT2D eigenvalue weighted by atomic mass is 35.5. The number of nitrogens with zero attached hydrogens (tertiary/aromatic N) is 3. The Morgan fingerprint density at radius 2 is 2.00 bits per heavy atom. The fourth-order valence-electron chi connectivity index (χ4n) is 1.54. The molecule has 16 heavy (non-hydrogen) atoms. The molecule has 0 spiro atoms. The maximum absolute atomic E-state index is 5.98. The Bertz CT molecular complexity index is 580. The SMILES string of the molecule is Clc1ncnc2c1C=Nc1ccccc1N2. The van der Waals surface area contributed by atoms with Crippen LogP contribution < -0.4 is 5.32 Å². The average Bonchev–Trinajstić information content (AvgIpc) is 2.48. The van der Waals surface area contributed by atoms with Crippen LogP contribution in [-0.4, -0.2) is 16.2 Å². The van der Waals surface area contributed by atoms with Gasteiger partial charge in [-0.05, 0) is 12.1 Å². The van der Waals surface area contributed by atoms with E-state index < -0.39 is 0 Å². The fourth-order valence-corrected chi connectivity index (χ4v) is 1.72. The zero-order valence-corrected chi connectivity index (χ0v) is 8.94. The third-order valence-electron chi connectivity index (χ3n) is 2.33. The fraction of sp³-hybridized carbons (Fsp3) is 0. The summed E-state index contributed by atoms with van der Waals surface area (Å²) in [6.07, 6.45) is 3.10. The van der Waals surface area contributed by atoms with Crippen molar-refractivity contribution in [3.8, 4) is 0 Å². The second-order valence-corrected chi connectivity index (χ2v) is 3.69. The van der Waals surface area contributed by atoms with Gasteiger partial charge in [-0.2, -0.15) is 0 Å². The molecule has 4 nitrogen and oxygen atoms in total. The number of anilines is 2. The van der Waals surface area contributed by atoms with Crippen LogP contribution >= 0.6 is 11.6 Å². The molecule has 2 aromatic rings. The van der Waals surface area contributed by atoms with Crippen molar-refractivity contribution in [3.05, 3.63) is 41.3 Å². The van der Waals surface area contributed by atoms with E-state index in [9.17, 15) is 0 Å². The molecular weight excluding hydrogens is 224 g/mol. The first-order chi connectivity index (χ1) is 7.84. The van der Waals surface area contributed by atoms with E-state index in [0.29, 0.717) is 16.5 Å². The highest BCUT2D eigenvalue weighted by Crippen LogP contribution is 2.32. The van der Waals surface area contributed by atoms with Crippen LogP contribution in [0.1, 0.15) is 5.56 Å². The average molecular weight is 231 g/mol. The van der Waals surface area contributed by atoms with Gasteiger partial charge in [0.25, 0.3) is 0 Å². The van der Waals surface area contributed by atoms with Crippen molar-refractivity contribution in [2.45, 2.75) is 0 Å². The van der Waals surface area contributed by atoms with Gasteiger partial charge in [0.1, 0.15) is 17.3 Å². The van der Waals surface area contributed by atoms with Crippen molar-refractivity contribution in [3.63, 3.8) is 0 Å². The van der Waals surface area contributed by atoms with Crippen LogP contribution in [0.25, 0.3) is 0 Å². The quantitative estimate of drug-likeness (QED) is 0.604. The van der Waals surface area contributed by atoms with Crippen molar-refractivity contribution in [1.29, 1.82) is 0 Å². The highest BCUT2D eigenvalue weighted by molar-refractivity contribution is 6.32. The lowest BCUT2D eigenvalue weighted by Gasteiger charge is -2.06. The Kier molecular flexibility index (Phi) is 2.08. The molecule has 78 valence electrons.